The first-order valence-electron chi connectivity index (χ1n) is 17.7. The highest BCUT2D eigenvalue weighted by Crippen LogP contribution is 2.48. The van der Waals surface area contributed by atoms with E-state index >= 15 is 0 Å². The minimum atomic E-state index is -3.87. The monoisotopic (exact) mass is 968 g/mol. The van der Waals surface area contributed by atoms with Gasteiger partial charge in [-0.1, -0.05) is 24.3 Å². The minimum Gasteiger partial charge on any atom is -0.457 e. The third kappa shape index (κ3) is 12.4. The molecule has 60 heavy (non-hydrogen) atoms. The SMILES string of the molecule is O=C(CC(F)(F)Cl)OC1CCC(OC(=O)CC(F)(F)Cl)c2cc(-c3cc4sc(-c5ccc6c(c5)C(OC(=O)CC(F)(F)Cl)CCC6OC(=O)CC(F)(F)Cl)cc4s3)ccc21. The first kappa shape index (κ1) is 46.1. The van der Waals surface area contributed by atoms with Gasteiger partial charge in [0, 0.05) is 19.2 Å². The highest BCUT2D eigenvalue weighted by atomic mass is 35.5. The van der Waals surface area contributed by atoms with E-state index in [2.05, 4.69) is 0 Å². The summed E-state index contributed by atoms with van der Waals surface area (Å²) in [7, 11) is 0. The molecule has 0 amide bonds. The molecule has 2 heterocycles. The van der Waals surface area contributed by atoms with E-state index in [1.807, 2.05) is 12.1 Å². The minimum absolute atomic E-state index is 0.00660. The second kappa shape index (κ2) is 17.8. The molecule has 0 bridgehead atoms. The Morgan fingerprint density at radius 2 is 0.733 bits per heavy atom. The molecule has 0 aliphatic heterocycles. The van der Waals surface area contributed by atoms with E-state index in [-0.39, 0.29) is 36.8 Å². The summed E-state index contributed by atoms with van der Waals surface area (Å²) >= 11 is 22.3. The smallest absolute Gasteiger partial charge is 0.332 e. The molecule has 4 aromatic rings. The van der Waals surface area contributed by atoms with E-state index in [1.54, 1.807) is 36.4 Å². The highest BCUT2D eigenvalue weighted by Gasteiger charge is 2.39. The summed E-state index contributed by atoms with van der Waals surface area (Å²) < 4.78 is 130. The van der Waals surface area contributed by atoms with E-state index in [0.717, 1.165) is 9.40 Å². The number of hydrogen-bond donors (Lipinski definition) is 0. The van der Waals surface area contributed by atoms with Gasteiger partial charge in [0.2, 0.25) is 0 Å². The van der Waals surface area contributed by atoms with Gasteiger partial charge >= 0.3 is 45.4 Å². The summed E-state index contributed by atoms with van der Waals surface area (Å²) in [6.45, 7) is 0. The van der Waals surface area contributed by atoms with Crippen LogP contribution >= 0.6 is 69.1 Å². The van der Waals surface area contributed by atoms with Crippen molar-refractivity contribution in [3.63, 3.8) is 0 Å². The molecule has 324 valence electrons. The summed E-state index contributed by atoms with van der Waals surface area (Å²) in [6.07, 6.45) is -9.89. The standard InChI is InChI=1S/C38H28Cl4F8O8S2/c39-35(43,44)13-31(51)55-23-5-7-25(57-33(53)15-37(41,47)48)21-9-17(1-3-19(21)23)27-11-29-30(59-27)12-28(60-29)18-2-4-20-22(10-18)26(58-34(54)16-38(42,49)50)8-6-24(20)56-32(52)14-36(40,45)46/h1-4,9-12,23-26H,5-8,13-16H2. The van der Waals surface area contributed by atoms with Gasteiger partial charge in [-0.15, -0.1) is 22.7 Å². The van der Waals surface area contributed by atoms with Crippen LogP contribution in [0, 0.1) is 0 Å². The molecule has 0 saturated heterocycles. The number of esters is 4. The van der Waals surface area contributed by atoms with Gasteiger partial charge in [0.1, 0.15) is 50.1 Å². The van der Waals surface area contributed by atoms with Crippen molar-refractivity contribution in [1.82, 2.24) is 0 Å². The Morgan fingerprint density at radius 3 is 1.00 bits per heavy atom. The molecule has 0 spiro atoms. The van der Waals surface area contributed by atoms with Crippen LogP contribution in [0.2, 0.25) is 0 Å². The number of fused-ring (bicyclic) bond motifs is 3. The van der Waals surface area contributed by atoms with Crippen LogP contribution in [0.4, 0.5) is 35.1 Å². The maximum Gasteiger partial charge on any atom is 0.332 e. The average molecular weight is 971 g/mol. The maximum atomic E-state index is 13.4. The molecule has 2 aliphatic rings. The van der Waals surface area contributed by atoms with Crippen LogP contribution in [-0.4, -0.2) is 45.4 Å². The zero-order valence-electron chi connectivity index (χ0n) is 30.2. The lowest BCUT2D eigenvalue weighted by Gasteiger charge is -2.31. The lowest BCUT2D eigenvalue weighted by atomic mass is 9.85. The van der Waals surface area contributed by atoms with Gasteiger partial charge < -0.3 is 18.9 Å². The first-order chi connectivity index (χ1) is 27.8. The fourth-order valence-electron chi connectivity index (χ4n) is 6.89. The number of halogens is 12. The normalized spacial score (nSPS) is 19.6. The summed E-state index contributed by atoms with van der Waals surface area (Å²) in [5.74, 6) is -5.17. The number of benzene rings is 2. The largest absolute Gasteiger partial charge is 0.457 e. The predicted octanol–water partition coefficient (Wildman–Crippen LogP) is 13.1. The molecule has 6 rings (SSSR count). The summed E-state index contributed by atoms with van der Waals surface area (Å²) in [4.78, 5) is 50.6. The molecular formula is C38H28Cl4F8O8S2. The fourth-order valence-corrected chi connectivity index (χ4v) is 9.72. The van der Waals surface area contributed by atoms with Crippen molar-refractivity contribution in [3.8, 4) is 20.9 Å². The lowest BCUT2D eigenvalue weighted by molar-refractivity contribution is -0.160. The molecule has 4 unspecified atom stereocenters. The van der Waals surface area contributed by atoms with Gasteiger partial charge in [-0.2, -0.15) is 35.1 Å². The molecule has 0 radical (unpaired) electrons. The number of carbonyl (C=O) groups is 4. The van der Waals surface area contributed by atoms with Crippen LogP contribution in [0.3, 0.4) is 0 Å². The third-order valence-corrected chi connectivity index (χ3v) is 12.1. The summed E-state index contributed by atoms with van der Waals surface area (Å²) in [5, 5.41) is -15.4. The molecule has 4 atom stereocenters. The number of ether oxygens (including phenoxy) is 4. The predicted molar refractivity (Wildman–Crippen MR) is 206 cm³/mol. The molecule has 22 heteroatoms. The molecular weight excluding hydrogens is 942 g/mol. The van der Waals surface area contributed by atoms with Gasteiger partial charge in [-0.3, -0.25) is 19.2 Å². The zero-order valence-corrected chi connectivity index (χ0v) is 34.9. The van der Waals surface area contributed by atoms with Gasteiger partial charge in [0.05, 0.1) is 0 Å². The molecule has 0 fully saturated rings. The zero-order chi connectivity index (χ0) is 43.9. The lowest BCUT2D eigenvalue weighted by Crippen LogP contribution is -2.25. The Labute approximate surface area is 362 Å². The highest BCUT2D eigenvalue weighted by molar-refractivity contribution is 7.31. The van der Waals surface area contributed by atoms with E-state index < -0.39 is 95.5 Å². The van der Waals surface area contributed by atoms with Crippen molar-refractivity contribution in [2.45, 2.75) is 97.3 Å². The van der Waals surface area contributed by atoms with Gasteiger partial charge in [-0.05, 0) is 130 Å². The third-order valence-electron chi connectivity index (χ3n) is 9.19. The van der Waals surface area contributed by atoms with Crippen molar-refractivity contribution in [1.29, 1.82) is 0 Å². The molecule has 2 aromatic carbocycles. The second-order valence-corrected chi connectivity index (χ2v) is 18.3. The number of alkyl halides is 12. The maximum absolute atomic E-state index is 13.4. The van der Waals surface area contributed by atoms with Crippen LogP contribution in [0.5, 0.6) is 0 Å². The Bertz CT molecular complexity index is 2100. The topological polar surface area (TPSA) is 105 Å². The van der Waals surface area contributed by atoms with Crippen LogP contribution in [0.25, 0.3) is 30.3 Å². The van der Waals surface area contributed by atoms with Crippen molar-refractivity contribution in [2.75, 3.05) is 0 Å². The van der Waals surface area contributed by atoms with Gasteiger partial charge in [-0.25, -0.2) is 0 Å². The van der Waals surface area contributed by atoms with Crippen LogP contribution in [-0.2, 0) is 38.1 Å². The Kier molecular flexibility index (Phi) is 13.6. The van der Waals surface area contributed by atoms with E-state index in [4.69, 9.17) is 65.4 Å². The molecule has 8 nitrogen and oxygen atoms in total. The molecule has 2 aliphatic carbocycles. The molecule has 2 aromatic heterocycles. The van der Waals surface area contributed by atoms with E-state index in [1.165, 1.54) is 22.7 Å². The number of carbonyl (C=O) groups excluding carboxylic acids is 4. The van der Waals surface area contributed by atoms with Crippen LogP contribution in [0.1, 0.15) is 98.0 Å². The number of hydrogen-bond acceptors (Lipinski definition) is 10. The quantitative estimate of drug-likeness (QED) is 0.0532. The second-order valence-electron chi connectivity index (χ2n) is 13.9. The van der Waals surface area contributed by atoms with E-state index in [0.29, 0.717) is 32.0 Å². The van der Waals surface area contributed by atoms with Crippen molar-refractivity contribution >= 4 is 102 Å². The Hall–Kier alpha value is -3.42. The van der Waals surface area contributed by atoms with Crippen molar-refractivity contribution in [2.24, 2.45) is 0 Å². The van der Waals surface area contributed by atoms with Gasteiger partial charge in [0.25, 0.3) is 0 Å². The number of thiophene rings is 2. The average Bonchev–Trinajstić information content (AvgIpc) is 3.67. The van der Waals surface area contributed by atoms with E-state index in [9.17, 15) is 54.3 Å². The Balaban J connectivity index is 1.29. The fraction of sp³-hybridized carbons (Fsp3) is 0.421. The number of rotatable bonds is 14. The Morgan fingerprint density at radius 1 is 0.467 bits per heavy atom. The van der Waals surface area contributed by atoms with Crippen molar-refractivity contribution in [3.05, 3.63) is 70.8 Å². The van der Waals surface area contributed by atoms with Crippen molar-refractivity contribution < 1.29 is 73.2 Å². The first-order valence-corrected chi connectivity index (χ1v) is 20.8. The van der Waals surface area contributed by atoms with Gasteiger partial charge in [0.15, 0.2) is 0 Å². The molecule has 0 saturated carbocycles. The summed E-state index contributed by atoms with van der Waals surface area (Å²) in [6, 6.07) is 13.3. The molecule has 0 N–H and O–H groups in total. The summed E-state index contributed by atoms with van der Waals surface area (Å²) in [5.41, 5.74) is 2.35. The van der Waals surface area contributed by atoms with Crippen LogP contribution in [0.15, 0.2) is 48.5 Å². The van der Waals surface area contributed by atoms with Crippen LogP contribution < -0.4 is 0 Å².